The Morgan fingerprint density at radius 1 is 1.33 bits per heavy atom. The molecule has 1 saturated heterocycles. The minimum atomic E-state index is -1.14. The van der Waals surface area contributed by atoms with E-state index in [1.807, 2.05) is 18.2 Å². The third-order valence-electron chi connectivity index (χ3n) is 3.74. The van der Waals surface area contributed by atoms with Crippen molar-refractivity contribution < 1.29 is 8.95 Å². The summed E-state index contributed by atoms with van der Waals surface area (Å²) in [6.07, 6.45) is 2.01. The van der Waals surface area contributed by atoms with Gasteiger partial charge >= 0.3 is 0 Å². The summed E-state index contributed by atoms with van der Waals surface area (Å²) in [7, 11) is 2.46. The van der Waals surface area contributed by atoms with Gasteiger partial charge in [-0.3, -0.25) is 5.32 Å². The molecule has 0 bridgehead atoms. The molecule has 0 spiro atoms. The number of piperidine rings is 1. The monoisotopic (exact) mass is 310 g/mol. The van der Waals surface area contributed by atoms with Crippen molar-refractivity contribution in [3.8, 4) is 5.75 Å². The molecule has 1 aromatic carbocycles. The van der Waals surface area contributed by atoms with Crippen LogP contribution in [0.15, 0.2) is 23.1 Å². The van der Waals surface area contributed by atoms with E-state index in [-0.39, 0.29) is 6.35 Å². The standard InChI is InChI=1S/C14H22N4O2S/c1-18(2)21(19)11-3-4-13-12(9-11)17-14(20-13)16-10-5-7-15-8-6-10/h3-4,9-10,14-17H,5-8H2,1-2H3. The lowest BCUT2D eigenvalue weighted by Crippen LogP contribution is -2.48. The quantitative estimate of drug-likeness (QED) is 0.764. The van der Waals surface area contributed by atoms with Gasteiger partial charge in [-0.05, 0) is 58.2 Å². The fourth-order valence-corrected chi connectivity index (χ4v) is 3.44. The number of ether oxygens (including phenoxy) is 1. The highest BCUT2D eigenvalue weighted by Gasteiger charge is 2.25. The van der Waals surface area contributed by atoms with Crippen LogP contribution in [-0.2, 0) is 11.0 Å². The average molecular weight is 310 g/mol. The van der Waals surface area contributed by atoms with Gasteiger partial charge in [0.15, 0.2) is 0 Å². The van der Waals surface area contributed by atoms with Crippen LogP contribution in [0.25, 0.3) is 0 Å². The van der Waals surface area contributed by atoms with Gasteiger partial charge in [0.2, 0.25) is 6.35 Å². The van der Waals surface area contributed by atoms with Gasteiger partial charge in [-0.25, -0.2) is 8.51 Å². The van der Waals surface area contributed by atoms with Crippen LogP contribution >= 0.6 is 0 Å². The summed E-state index contributed by atoms with van der Waals surface area (Å²) in [6.45, 7) is 2.09. The summed E-state index contributed by atoms with van der Waals surface area (Å²) in [4.78, 5) is 0.775. The number of rotatable bonds is 4. The zero-order valence-electron chi connectivity index (χ0n) is 12.4. The highest BCUT2D eigenvalue weighted by Crippen LogP contribution is 2.33. The van der Waals surface area contributed by atoms with E-state index < -0.39 is 11.0 Å². The first-order chi connectivity index (χ1) is 10.1. The maximum Gasteiger partial charge on any atom is 0.228 e. The van der Waals surface area contributed by atoms with Crippen LogP contribution in [0.1, 0.15) is 12.8 Å². The molecule has 2 heterocycles. The lowest BCUT2D eigenvalue weighted by atomic mass is 10.1. The van der Waals surface area contributed by atoms with Crippen LogP contribution in [0.4, 0.5) is 5.69 Å². The Kier molecular flexibility index (Phi) is 4.44. The zero-order chi connectivity index (χ0) is 14.8. The summed E-state index contributed by atoms with van der Waals surface area (Å²) in [6, 6.07) is 6.09. The average Bonchev–Trinajstić information content (AvgIpc) is 2.88. The van der Waals surface area contributed by atoms with E-state index >= 15 is 0 Å². The van der Waals surface area contributed by atoms with Gasteiger partial charge in [-0.15, -0.1) is 0 Å². The predicted octanol–water partition coefficient (Wildman–Crippen LogP) is 0.700. The third-order valence-corrected chi connectivity index (χ3v) is 5.06. The number of hydrogen-bond acceptors (Lipinski definition) is 5. The summed E-state index contributed by atoms with van der Waals surface area (Å²) in [5.41, 5.74) is 0.897. The Labute approximate surface area is 127 Å². The van der Waals surface area contributed by atoms with Gasteiger partial charge in [0.25, 0.3) is 0 Å². The van der Waals surface area contributed by atoms with Gasteiger partial charge in [-0.2, -0.15) is 0 Å². The zero-order valence-corrected chi connectivity index (χ0v) is 13.2. The number of hydrogen-bond donors (Lipinski definition) is 3. The predicted molar refractivity (Wildman–Crippen MR) is 83.6 cm³/mol. The highest BCUT2D eigenvalue weighted by atomic mass is 32.2. The summed E-state index contributed by atoms with van der Waals surface area (Å²) < 4.78 is 19.6. The van der Waals surface area contributed by atoms with Crippen molar-refractivity contribution in [1.29, 1.82) is 0 Å². The van der Waals surface area contributed by atoms with E-state index in [1.165, 1.54) is 0 Å². The van der Waals surface area contributed by atoms with E-state index in [2.05, 4.69) is 16.0 Å². The molecule has 1 fully saturated rings. The molecule has 2 aliphatic rings. The van der Waals surface area contributed by atoms with Crippen LogP contribution in [0.5, 0.6) is 5.75 Å². The lowest BCUT2D eigenvalue weighted by molar-refractivity contribution is 0.181. The molecule has 0 saturated carbocycles. The van der Waals surface area contributed by atoms with Crippen molar-refractivity contribution in [2.75, 3.05) is 32.5 Å². The minimum Gasteiger partial charge on any atom is -0.455 e. The van der Waals surface area contributed by atoms with Crippen LogP contribution in [0.3, 0.4) is 0 Å². The molecule has 1 aromatic rings. The molecule has 6 nitrogen and oxygen atoms in total. The van der Waals surface area contributed by atoms with Crippen LogP contribution in [0, 0.1) is 0 Å². The van der Waals surface area contributed by atoms with Gasteiger partial charge in [0, 0.05) is 6.04 Å². The fraction of sp³-hybridized carbons (Fsp3) is 0.571. The molecule has 0 amide bonds. The molecule has 2 atom stereocenters. The van der Waals surface area contributed by atoms with Crippen molar-refractivity contribution in [3.05, 3.63) is 18.2 Å². The van der Waals surface area contributed by atoms with E-state index in [9.17, 15) is 4.21 Å². The Morgan fingerprint density at radius 3 is 2.81 bits per heavy atom. The van der Waals surface area contributed by atoms with Crippen molar-refractivity contribution >= 4 is 16.7 Å². The van der Waals surface area contributed by atoms with E-state index in [4.69, 9.17) is 4.74 Å². The Bertz CT molecular complexity index is 532. The maximum absolute atomic E-state index is 12.1. The number of benzene rings is 1. The molecule has 3 rings (SSSR count). The van der Waals surface area contributed by atoms with Crippen molar-refractivity contribution in [2.45, 2.75) is 30.1 Å². The van der Waals surface area contributed by atoms with Gasteiger partial charge in [0.05, 0.1) is 10.6 Å². The Morgan fingerprint density at radius 2 is 2.10 bits per heavy atom. The molecule has 2 unspecified atom stereocenters. The van der Waals surface area contributed by atoms with Crippen LogP contribution < -0.4 is 20.7 Å². The third kappa shape index (κ3) is 3.37. The number of nitrogens with zero attached hydrogens (tertiary/aromatic N) is 1. The highest BCUT2D eigenvalue weighted by molar-refractivity contribution is 7.82. The van der Waals surface area contributed by atoms with Crippen LogP contribution in [0.2, 0.25) is 0 Å². The van der Waals surface area contributed by atoms with Gasteiger partial charge in [-0.1, -0.05) is 0 Å². The molecule has 0 aromatic heterocycles. The van der Waals surface area contributed by atoms with Gasteiger partial charge < -0.3 is 15.4 Å². The first kappa shape index (κ1) is 14.8. The summed E-state index contributed by atoms with van der Waals surface area (Å²) in [5.74, 6) is 0.806. The normalized spacial score (nSPS) is 23.5. The first-order valence-electron chi connectivity index (χ1n) is 7.27. The second kappa shape index (κ2) is 6.31. The largest absolute Gasteiger partial charge is 0.455 e. The van der Waals surface area contributed by atoms with Crippen molar-refractivity contribution in [1.82, 2.24) is 14.9 Å². The summed E-state index contributed by atoms with van der Waals surface area (Å²) >= 11 is 0. The topological polar surface area (TPSA) is 65.6 Å². The number of nitrogens with one attached hydrogen (secondary N) is 3. The number of anilines is 1. The van der Waals surface area contributed by atoms with E-state index in [1.54, 1.807) is 18.4 Å². The van der Waals surface area contributed by atoms with Crippen molar-refractivity contribution in [3.63, 3.8) is 0 Å². The molecular formula is C14H22N4O2S. The van der Waals surface area contributed by atoms with Gasteiger partial charge in [0.1, 0.15) is 16.7 Å². The Balaban J connectivity index is 1.65. The molecule has 7 heteroatoms. The smallest absolute Gasteiger partial charge is 0.228 e. The molecule has 0 radical (unpaired) electrons. The summed E-state index contributed by atoms with van der Waals surface area (Å²) in [5, 5.41) is 10.1. The maximum atomic E-state index is 12.1. The first-order valence-corrected chi connectivity index (χ1v) is 8.37. The van der Waals surface area contributed by atoms with Crippen molar-refractivity contribution in [2.24, 2.45) is 0 Å². The molecule has 3 N–H and O–H groups in total. The van der Waals surface area contributed by atoms with E-state index in [0.717, 1.165) is 42.3 Å². The Hall–Kier alpha value is -1.15. The molecular weight excluding hydrogens is 288 g/mol. The lowest BCUT2D eigenvalue weighted by Gasteiger charge is -2.26. The second-order valence-corrected chi connectivity index (χ2v) is 7.25. The number of fused-ring (bicyclic) bond motifs is 1. The minimum absolute atomic E-state index is 0.203. The second-order valence-electron chi connectivity index (χ2n) is 5.55. The fourth-order valence-electron chi connectivity index (χ4n) is 2.62. The van der Waals surface area contributed by atoms with Crippen LogP contribution in [-0.4, -0.2) is 48.1 Å². The molecule has 116 valence electrons. The SMILES string of the molecule is CN(C)S(=O)c1ccc2c(c1)NC(NC1CCNCC1)O2. The molecule has 21 heavy (non-hydrogen) atoms. The molecule has 2 aliphatic heterocycles. The van der Waals surface area contributed by atoms with E-state index in [0.29, 0.717) is 6.04 Å². The molecule has 0 aliphatic carbocycles.